The number of hydrogen-bond donors (Lipinski definition) is 2. The summed E-state index contributed by atoms with van der Waals surface area (Å²) in [6, 6.07) is 7.64. The van der Waals surface area contributed by atoms with E-state index in [9.17, 15) is 4.79 Å². The molecular weight excluding hydrogens is 248 g/mol. The number of carboxylic acid groups (broad SMARTS) is 1. The first-order valence-corrected chi connectivity index (χ1v) is 6.50. The maximum absolute atomic E-state index is 10.8. The fourth-order valence-electron chi connectivity index (χ4n) is 1.58. The summed E-state index contributed by atoms with van der Waals surface area (Å²) in [5, 5.41) is 13.8. The Morgan fingerprint density at radius 2 is 2.39 bits per heavy atom. The predicted molar refractivity (Wildman–Crippen MR) is 70.8 cm³/mol. The van der Waals surface area contributed by atoms with Crippen molar-refractivity contribution in [1.82, 2.24) is 10.3 Å². The number of pyridine rings is 1. The summed E-state index contributed by atoms with van der Waals surface area (Å²) in [5.74, 6) is -0.879. The van der Waals surface area contributed by atoms with Gasteiger partial charge in [0.1, 0.15) is 0 Å². The van der Waals surface area contributed by atoms with Gasteiger partial charge >= 0.3 is 5.97 Å². The summed E-state index contributed by atoms with van der Waals surface area (Å²) in [4.78, 5) is 16.0. The molecule has 1 atom stereocenters. The van der Waals surface area contributed by atoms with Crippen LogP contribution in [0.25, 0.3) is 0 Å². The molecule has 0 aromatic carbocycles. The first kappa shape index (κ1) is 12.7. The Kier molecular flexibility index (Phi) is 4.07. The third kappa shape index (κ3) is 3.15. The molecule has 0 aliphatic heterocycles. The SMILES string of the molecule is C[C@H](NCc1cc(C(=O)O)cs1)c1ccccn1. The first-order valence-electron chi connectivity index (χ1n) is 5.62. The molecule has 0 fully saturated rings. The zero-order valence-corrected chi connectivity index (χ0v) is 10.8. The van der Waals surface area contributed by atoms with E-state index < -0.39 is 5.97 Å². The lowest BCUT2D eigenvalue weighted by Gasteiger charge is -2.11. The normalized spacial score (nSPS) is 12.3. The monoisotopic (exact) mass is 262 g/mol. The summed E-state index contributed by atoms with van der Waals surface area (Å²) in [7, 11) is 0. The Hall–Kier alpha value is -1.72. The molecule has 0 amide bonds. The van der Waals surface area contributed by atoms with Crippen molar-refractivity contribution in [2.45, 2.75) is 19.5 Å². The van der Waals surface area contributed by atoms with Crippen molar-refractivity contribution in [3.05, 3.63) is 52.0 Å². The summed E-state index contributed by atoms with van der Waals surface area (Å²) < 4.78 is 0. The highest BCUT2D eigenvalue weighted by Gasteiger charge is 2.09. The molecule has 0 aliphatic rings. The minimum Gasteiger partial charge on any atom is -0.478 e. The zero-order chi connectivity index (χ0) is 13.0. The molecule has 4 nitrogen and oxygen atoms in total. The summed E-state index contributed by atoms with van der Waals surface area (Å²) >= 11 is 1.45. The van der Waals surface area contributed by atoms with Gasteiger partial charge in [-0.2, -0.15) is 0 Å². The fraction of sp³-hybridized carbons (Fsp3) is 0.231. The van der Waals surface area contributed by atoms with Crippen LogP contribution in [0.2, 0.25) is 0 Å². The predicted octanol–water partition coefficient (Wildman–Crippen LogP) is 2.69. The summed E-state index contributed by atoms with van der Waals surface area (Å²) in [6.07, 6.45) is 1.77. The summed E-state index contributed by atoms with van der Waals surface area (Å²) in [6.45, 7) is 2.68. The lowest BCUT2D eigenvalue weighted by atomic mass is 10.2. The number of carbonyl (C=O) groups is 1. The highest BCUT2D eigenvalue weighted by molar-refractivity contribution is 7.10. The second-order valence-corrected chi connectivity index (χ2v) is 4.96. The molecule has 2 aromatic rings. The van der Waals surface area contributed by atoms with Crippen LogP contribution < -0.4 is 5.32 Å². The number of nitrogens with one attached hydrogen (secondary N) is 1. The van der Waals surface area contributed by atoms with E-state index in [0.717, 1.165) is 10.6 Å². The van der Waals surface area contributed by atoms with Crippen LogP contribution in [-0.2, 0) is 6.54 Å². The Morgan fingerprint density at radius 3 is 3.00 bits per heavy atom. The largest absolute Gasteiger partial charge is 0.478 e. The van der Waals surface area contributed by atoms with Gasteiger partial charge in [0.25, 0.3) is 0 Å². The molecule has 0 radical (unpaired) electrons. The van der Waals surface area contributed by atoms with E-state index in [1.807, 2.05) is 25.1 Å². The molecule has 0 spiro atoms. The van der Waals surface area contributed by atoms with Gasteiger partial charge in [-0.1, -0.05) is 6.07 Å². The minimum atomic E-state index is -0.879. The number of hydrogen-bond acceptors (Lipinski definition) is 4. The van der Waals surface area contributed by atoms with E-state index in [1.165, 1.54) is 11.3 Å². The van der Waals surface area contributed by atoms with E-state index >= 15 is 0 Å². The van der Waals surface area contributed by atoms with E-state index in [1.54, 1.807) is 17.6 Å². The number of thiophene rings is 1. The van der Waals surface area contributed by atoms with Crippen molar-refractivity contribution in [1.29, 1.82) is 0 Å². The van der Waals surface area contributed by atoms with Crippen molar-refractivity contribution >= 4 is 17.3 Å². The number of rotatable bonds is 5. The molecular formula is C13H14N2O2S. The number of nitrogens with zero attached hydrogens (tertiary/aromatic N) is 1. The standard InChI is InChI=1S/C13H14N2O2S/c1-9(12-4-2-3-5-14-12)15-7-11-6-10(8-18-11)13(16)17/h2-6,8-9,15H,7H2,1H3,(H,16,17)/t9-/m0/s1. The molecule has 2 heterocycles. The Morgan fingerprint density at radius 1 is 1.56 bits per heavy atom. The van der Waals surface area contributed by atoms with Crippen LogP contribution in [0.1, 0.15) is 33.9 Å². The van der Waals surface area contributed by atoms with Crippen molar-refractivity contribution in [2.24, 2.45) is 0 Å². The van der Waals surface area contributed by atoms with Crippen LogP contribution in [0.5, 0.6) is 0 Å². The van der Waals surface area contributed by atoms with Gasteiger partial charge in [0, 0.05) is 29.0 Å². The third-order valence-electron chi connectivity index (χ3n) is 2.61. The first-order chi connectivity index (χ1) is 8.66. The lowest BCUT2D eigenvalue weighted by molar-refractivity contribution is 0.0697. The molecule has 5 heteroatoms. The van der Waals surface area contributed by atoms with Gasteiger partial charge in [-0.15, -0.1) is 11.3 Å². The second kappa shape index (κ2) is 5.75. The Labute approximate surface area is 109 Å². The zero-order valence-electron chi connectivity index (χ0n) is 9.96. The number of aromatic carboxylic acids is 1. The average molecular weight is 262 g/mol. The van der Waals surface area contributed by atoms with E-state index in [2.05, 4.69) is 10.3 Å². The minimum absolute atomic E-state index is 0.140. The quantitative estimate of drug-likeness (QED) is 0.869. The Balaban J connectivity index is 1.93. The van der Waals surface area contributed by atoms with E-state index in [0.29, 0.717) is 12.1 Å². The molecule has 2 rings (SSSR count). The topological polar surface area (TPSA) is 62.2 Å². The molecule has 0 saturated heterocycles. The number of aromatic nitrogens is 1. The maximum Gasteiger partial charge on any atom is 0.336 e. The average Bonchev–Trinajstić information content (AvgIpc) is 2.86. The molecule has 0 saturated carbocycles. The number of carboxylic acids is 1. The molecule has 2 aromatic heterocycles. The van der Waals surface area contributed by atoms with Crippen molar-refractivity contribution < 1.29 is 9.90 Å². The van der Waals surface area contributed by atoms with Gasteiger partial charge in [-0.3, -0.25) is 4.98 Å². The molecule has 2 N–H and O–H groups in total. The van der Waals surface area contributed by atoms with Crippen LogP contribution >= 0.6 is 11.3 Å². The molecule has 94 valence electrons. The van der Waals surface area contributed by atoms with Gasteiger partial charge < -0.3 is 10.4 Å². The molecule has 0 aliphatic carbocycles. The van der Waals surface area contributed by atoms with E-state index in [4.69, 9.17) is 5.11 Å². The van der Waals surface area contributed by atoms with Crippen LogP contribution in [0.3, 0.4) is 0 Å². The van der Waals surface area contributed by atoms with Crippen molar-refractivity contribution in [2.75, 3.05) is 0 Å². The lowest BCUT2D eigenvalue weighted by Crippen LogP contribution is -2.18. The van der Waals surface area contributed by atoms with Crippen molar-refractivity contribution in [3.63, 3.8) is 0 Å². The van der Waals surface area contributed by atoms with Crippen molar-refractivity contribution in [3.8, 4) is 0 Å². The van der Waals surface area contributed by atoms with Crippen LogP contribution in [-0.4, -0.2) is 16.1 Å². The van der Waals surface area contributed by atoms with Gasteiger partial charge in [-0.05, 0) is 25.1 Å². The highest BCUT2D eigenvalue weighted by Crippen LogP contribution is 2.16. The van der Waals surface area contributed by atoms with E-state index in [-0.39, 0.29) is 6.04 Å². The van der Waals surface area contributed by atoms with Crippen LogP contribution in [0.4, 0.5) is 0 Å². The van der Waals surface area contributed by atoms with Gasteiger partial charge in [-0.25, -0.2) is 4.79 Å². The Bertz CT molecular complexity index is 525. The second-order valence-electron chi connectivity index (χ2n) is 3.96. The highest BCUT2D eigenvalue weighted by atomic mass is 32.1. The van der Waals surface area contributed by atoms with Gasteiger partial charge in [0.2, 0.25) is 0 Å². The smallest absolute Gasteiger partial charge is 0.336 e. The van der Waals surface area contributed by atoms with Gasteiger partial charge in [0.15, 0.2) is 0 Å². The van der Waals surface area contributed by atoms with Crippen LogP contribution in [0.15, 0.2) is 35.8 Å². The van der Waals surface area contributed by atoms with Gasteiger partial charge in [0.05, 0.1) is 11.3 Å². The molecule has 18 heavy (non-hydrogen) atoms. The fourth-order valence-corrected chi connectivity index (χ4v) is 2.38. The molecule has 0 unspecified atom stereocenters. The maximum atomic E-state index is 10.8. The summed E-state index contributed by atoms with van der Waals surface area (Å²) in [5.41, 5.74) is 1.33. The molecule has 0 bridgehead atoms. The van der Waals surface area contributed by atoms with Crippen LogP contribution in [0, 0.1) is 0 Å². The third-order valence-corrected chi connectivity index (χ3v) is 3.55.